The molecule has 2 fully saturated rings. The van der Waals surface area contributed by atoms with E-state index in [1.165, 1.54) is 0 Å². The van der Waals surface area contributed by atoms with E-state index in [1.807, 2.05) is 11.8 Å². The number of halogens is 1. The number of nitrogens with zero attached hydrogens (tertiary/aromatic N) is 4. The summed E-state index contributed by atoms with van der Waals surface area (Å²) in [6, 6.07) is 0. The Hall–Kier alpha value is -1.82. The van der Waals surface area contributed by atoms with E-state index in [1.54, 1.807) is 21.7 Å². The molecule has 3 rings (SSSR count). The van der Waals surface area contributed by atoms with E-state index in [-0.39, 0.29) is 17.7 Å². The summed E-state index contributed by atoms with van der Waals surface area (Å²) in [6.45, 7) is 9.29. The van der Waals surface area contributed by atoms with Gasteiger partial charge in [-0.1, -0.05) is 25.4 Å². The predicted octanol–water partition coefficient (Wildman–Crippen LogP) is 2.59. The number of carbonyl (C=O) groups excluding carboxylic acids is 2. The molecule has 0 aromatic carbocycles. The Morgan fingerprint density at radius 3 is 2.38 bits per heavy atom. The number of carbonyl (C=O) groups is 2. The zero-order chi connectivity index (χ0) is 18.8. The van der Waals surface area contributed by atoms with Crippen molar-refractivity contribution in [3.8, 4) is 0 Å². The lowest BCUT2D eigenvalue weighted by atomic mass is 10.2. The fourth-order valence-corrected chi connectivity index (χ4v) is 3.53. The Balaban J connectivity index is 1.58. The summed E-state index contributed by atoms with van der Waals surface area (Å²) in [7, 11) is 0. The molecule has 1 aromatic rings. The third-order valence-corrected chi connectivity index (χ3v) is 5.27. The Labute approximate surface area is 159 Å². The van der Waals surface area contributed by atoms with Crippen molar-refractivity contribution in [3.05, 3.63) is 22.5 Å². The summed E-state index contributed by atoms with van der Waals surface area (Å²) in [6.07, 6.45) is 5.36. The Kier molecular flexibility index (Phi) is 5.70. The van der Waals surface area contributed by atoms with Gasteiger partial charge >= 0.3 is 0 Å². The van der Waals surface area contributed by atoms with Gasteiger partial charge in [0.25, 0.3) is 0 Å². The molecule has 2 aliphatic rings. The molecule has 6 nitrogen and oxygen atoms in total. The number of piperazine rings is 1. The van der Waals surface area contributed by atoms with E-state index in [0.29, 0.717) is 37.3 Å². The SMILES string of the molecule is Cc1nn(CC(C)C)c(Cl)c1/C=C/C(=O)N1CCN(C(=O)C2CC2)CC1. The fraction of sp³-hybridized carbons (Fsp3) is 0.632. The minimum absolute atomic E-state index is 0.0457. The second-order valence-corrected chi connectivity index (χ2v) is 7.98. The highest BCUT2D eigenvalue weighted by atomic mass is 35.5. The smallest absolute Gasteiger partial charge is 0.246 e. The molecule has 0 spiro atoms. The minimum atomic E-state index is -0.0457. The van der Waals surface area contributed by atoms with Crippen molar-refractivity contribution >= 4 is 29.5 Å². The average molecular weight is 379 g/mol. The second kappa shape index (κ2) is 7.82. The first kappa shape index (κ1) is 19.0. The van der Waals surface area contributed by atoms with E-state index < -0.39 is 0 Å². The number of aromatic nitrogens is 2. The number of amides is 2. The molecule has 1 saturated heterocycles. The van der Waals surface area contributed by atoms with Crippen LogP contribution in [0.4, 0.5) is 0 Å². The second-order valence-electron chi connectivity index (χ2n) is 7.62. The lowest BCUT2D eigenvalue weighted by Crippen LogP contribution is -2.50. The van der Waals surface area contributed by atoms with Crippen LogP contribution >= 0.6 is 11.6 Å². The highest BCUT2D eigenvalue weighted by Crippen LogP contribution is 2.31. The first-order chi connectivity index (χ1) is 12.4. The first-order valence-corrected chi connectivity index (χ1v) is 9.73. The van der Waals surface area contributed by atoms with Crippen LogP contribution in [0.1, 0.15) is 37.9 Å². The fourth-order valence-electron chi connectivity index (χ4n) is 3.22. The minimum Gasteiger partial charge on any atom is -0.339 e. The van der Waals surface area contributed by atoms with Crippen LogP contribution in [0.25, 0.3) is 6.08 Å². The zero-order valence-electron chi connectivity index (χ0n) is 15.7. The average Bonchev–Trinajstić information content (AvgIpc) is 3.41. The summed E-state index contributed by atoms with van der Waals surface area (Å²) < 4.78 is 1.79. The predicted molar refractivity (Wildman–Crippen MR) is 102 cm³/mol. The van der Waals surface area contributed by atoms with Gasteiger partial charge in [0.1, 0.15) is 5.15 Å². The summed E-state index contributed by atoms with van der Waals surface area (Å²) in [5.41, 5.74) is 1.61. The molecular weight excluding hydrogens is 352 g/mol. The van der Waals surface area contributed by atoms with Gasteiger partial charge in [-0.05, 0) is 31.8 Å². The molecule has 0 N–H and O–H groups in total. The van der Waals surface area contributed by atoms with Crippen molar-refractivity contribution in [2.24, 2.45) is 11.8 Å². The van der Waals surface area contributed by atoms with Crippen LogP contribution < -0.4 is 0 Å². The lowest BCUT2D eigenvalue weighted by Gasteiger charge is -2.34. The molecule has 0 unspecified atom stereocenters. The molecule has 142 valence electrons. The summed E-state index contributed by atoms with van der Waals surface area (Å²) in [4.78, 5) is 28.2. The van der Waals surface area contributed by atoms with Gasteiger partial charge in [0.2, 0.25) is 11.8 Å². The van der Waals surface area contributed by atoms with E-state index in [0.717, 1.165) is 30.6 Å². The number of hydrogen-bond donors (Lipinski definition) is 0. The molecule has 0 atom stereocenters. The normalized spacial score (nSPS) is 18.2. The van der Waals surface area contributed by atoms with Crippen molar-refractivity contribution in [1.82, 2.24) is 19.6 Å². The Morgan fingerprint density at radius 1 is 1.19 bits per heavy atom. The molecule has 2 heterocycles. The summed E-state index contributed by atoms with van der Waals surface area (Å²) in [5, 5.41) is 5.03. The molecule has 1 aliphatic carbocycles. The maximum Gasteiger partial charge on any atom is 0.246 e. The largest absolute Gasteiger partial charge is 0.339 e. The molecule has 0 radical (unpaired) electrons. The van der Waals surface area contributed by atoms with Crippen LogP contribution in [0.2, 0.25) is 5.15 Å². The third-order valence-electron chi connectivity index (χ3n) is 4.87. The highest BCUT2D eigenvalue weighted by Gasteiger charge is 2.34. The Bertz CT molecular complexity index is 713. The third kappa shape index (κ3) is 4.29. The van der Waals surface area contributed by atoms with Crippen molar-refractivity contribution in [1.29, 1.82) is 0 Å². The van der Waals surface area contributed by atoms with Crippen LogP contribution in [0.15, 0.2) is 6.08 Å². The lowest BCUT2D eigenvalue weighted by molar-refractivity contribution is -0.138. The highest BCUT2D eigenvalue weighted by molar-refractivity contribution is 6.31. The van der Waals surface area contributed by atoms with Gasteiger partial charge in [0, 0.05) is 50.3 Å². The first-order valence-electron chi connectivity index (χ1n) is 9.35. The monoisotopic (exact) mass is 378 g/mol. The number of hydrogen-bond acceptors (Lipinski definition) is 3. The molecule has 0 bridgehead atoms. The maximum atomic E-state index is 12.5. The number of rotatable bonds is 5. The van der Waals surface area contributed by atoms with Crippen molar-refractivity contribution in [2.75, 3.05) is 26.2 Å². The standard InChI is InChI=1S/C19H27ClN4O2/c1-13(2)12-24-18(20)16(14(3)21-24)6-7-17(25)22-8-10-23(11-9-22)19(26)15-4-5-15/h6-7,13,15H,4-5,8-12H2,1-3H3/b7-6+. The molecule has 1 aliphatic heterocycles. The quantitative estimate of drug-likeness (QED) is 0.740. The maximum absolute atomic E-state index is 12.5. The van der Waals surface area contributed by atoms with Crippen molar-refractivity contribution in [2.45, 2.75) is 40.2 Å². The van der Waals surface area contributed by atoms with Gasteiger partial charge < -0.3 is 9.80 Å². The van der Waals surface area contributed by atoms with Crippen molar-refractivity contribution < 1.29 is 9.59 Å². The number of aryl methyl sites for hydroxylation is 1. The van der Waals surface area contributed by atoms with Gasteiger partial charge in [-0.3, -0.25) is 14.3 Å². The van der Waals surface area contributed by atoms with Crippen LogP contribution in [0.3, 0.4) is 0 Å². The van der Waals surface area contributed by atoms with Gasteiger partial charge in [-0.25, -0.2) is 0 Å². The molecule has 7 heteroatoms. The Morgan fingerprint density at radius 2 is 1.81 bits per heavy atom. The van der Waals surface area contributed by atoms with E-state index in [9.17, 15) is 9.59 Å². The molecular formula is C19H27ClN4O2. The van der Waals surface area contributed by atoms with Gasteiger partial charge in [-0.15, -0.1) is 0 Å². The van der Waals surface area contributed by atoms with Gasteiger partial charge in [-0.2, -0.15) is 5.10 Å². The molecule has 1 aromatic heterocycles. The van der Waals surface area contributed by atoms with Gasteiger partial charge in [0.05, 0.1) is 5.69 Å². The van der Waals surface area contributed by atoms with E-state index >= 15 is 0 Å². The molecule has 1 saturated carbocycles. The van der Waals surface area contributed by atoms with Crippen LogP contribution in [0, 0.1) is 18.8 Å². The van der Waals surface area contributed by atoms with E-state index in [4.69, 9.17) is 11.6 Å². The topological polar surface area (TPSA) is 58.4 Å². The molecule has 2 amide bonds. The molecule has 26 heavy (non-hydrogen) atoms. The van der Waals surface area contributed by atoms with Crippen molar-refractivity contribution in [3.63, 3.8) is 0 Å². The van der Waals surface area contributed by atoms with Crippen LogP contribution in [-0.2, 0) is 16.1 Å². The van der Waals surface area contributed by atoms with Crippen LogP contribution in [0.5, 0.6) is 0 Å². The zero-order valence-corrected chi connectivity index (χ0v) is 16.5. The summed E-state index contributed by atoms with van der Waals surface area (Å²) >= 11 is 6.41. The van der Waals surface area contributed by atoms with E-state index in [2.05, 4.69) is 18.9 Å². The van der Waals surface area contributed by atoms with Gasteiger partial charge in [0.15, 0.2) is 0 Å². The summed E-state index contributed by atoms with van der Waals surface area (Å²) in [5.74, 6) is 0.896. The van der Waals surface area contributed by atoms with Crippen LogP contribution in [-0.4, -0.2) is 57.6 Å².